The number of alkyl halides is 3. The summed E-state index contributed by atoms with van der Waals surface area (Å²) < 4.78 is 76.3. The monoisotopic (exact) mass is 481 g/mol. The highest BCUT2D eigenvalue weighted by Gasteiger charge is 2.43. The minimum atomic E-state index is -6.09. The fourth-order valence-electron chi connectivity index (χ4n) is 1.64. The quantitative estimate of drug-likeness (QED) is 0.141. The molecule has 0 aliphatic carbocycles. The first-order valence-electron chi connectivity index (χ1n) is 8.80. The van der Waals surface area contributed by atoms with Gasteiger partial charge in [-0.25, -0.2) is 8.42 Å². The van der Waals surface area contributed by atoms with E-state index < -0.39 is 32.3 Å². The Morgan fingerprint density at radius 2 is 1.48 bits per heavy atom. The number of rotatable bonds is 7. The predicted octanol–water partition coefficient (Wildman–Crippen LogP) is 4.70. The van der Waals surface area contributed by atoms with Crippen molar-refractivity contribution in [3.63, 3.8) is 0 Å². The third-order valence-corrected chi connectivity index (χ3v) is 10.1. The Hall–Kier alpha value is -0.606. The van der Waals surface area contributed by atoms with Crippen molar-refractivity contribution < 1.29 is 39.7 Å². The third-order valence-electron chi connectivity index (χ3n) is 4.08. The molecule has 0 aliphatic heterocycles. The van der Waals surface area contributed by atoms with Crippen LogP contribution >= 0.6 is 0 Å². The van der Waals surface area contributed by atoms with E-state index in [1.54, 1.807) is 13.7 Å². The van der Waals surface area contributed by atoms with Gasteiger partial charge in [0.1, 0.15) is 0 Å². The van der Waals surface area contributed by atoms with Crippen LogP contribution < -0.4 is 0 Å². The second-order valence-electron chi connectivity index (χ2n) is 8.96. The molecule has 0 radical (unpaired) electrons. The Morgan fingerprint density at radius 3 is 1.72 bits per heavy atom. The summed E-state index contributed by atoms with van der Waals surface area (Å²) in [6.45, 7) is 21.0. The van der Waals surface area contributed by atoms with E-state index in [0.29, 0.717) is 0 Å². The smallest absolute Gasteiger partial charge is 0.485 e. The van der Waals surface area contributed by atoms with Gasteiger partial charge in [0, 0.05) is 0 Å². The van der Waals surface area contributed by atoms with E-state index in [1.165, 1.54) is 0 Å². The standard InChI is InChI=1S/C15H34NO3Si2.CHF3O3S/c1-12(18-21(9,10)15(2,3)4)13(11-17-5)14(16)19-20(6,7)8;2-1(3,4)8(5,6)7/h11-13,16H,1-10H3;(H,5,6,7)/q+1;/p-1/t12-,13+;/m1./s1. The average Bonchev–Trinajstić information content (AvgIpc) is 2.39. The fourth-order valence-corrected chi connectivity index (χ4v) is 3.87. The number of methoxy groups -OCH3 is 1. The molecule has 29 heavy (non-hydrogen) atoms. The highest BCUT2D eigenvalue weighted by Crippen LogP contribution is 2.38. The van der Waals surface area contributed by atoms with Crippen LogP contribution in [0.25, 0.3) is 0 Å². The van der Waals surface area contributed by atoms with E-state index in [-0.39, 0.29) is 23.0 Å². The summed E-state index contributed by atoms with van der Waals surface area (Å²) in [5, 5.41) is 8.38. The number of ether oxygens (including phenoxy) is 1. The number of hydrogen-bond acceptors (Lipinski definition) is 7. The van der Waals surface area contributed by atoms with Crippen molar-refractivity contribution in [1.82, 2.24) is 0 Å². The molecule has 1 N–H and O–H groups in total. The van der Waals surface area contributed by atoms with E-state index in [4.69, 9.17) is 32.0 Å². The van der Waals surface area contributed by atoms with Crippen LogP contribution in [0.5, 0.6) is 0 Å². The molecule has 0 unspecified atom stereocenters. The zero-order valence-corrected chi connectivity index (χ0v) is 21.5. The van der Waals surface area contributed by atoms with Crippen molar-refractivity contribution in [2.45, 2.75) is 77.1 Å². The van der Waals surface area contributed by atoms with E-state index in [0.717, 1.165) is 0 Å². The van der Waals surface area contributed by atoms with Crippen molar-refractivity contribution in [1.29, 1.82) is 5.41 Å². The molecule has 2 atom stereocenters. The molecule has 174 valence electrons. The zero-order valence-electron chi connectivity index (χ0n) is 18.7. The Balaban J connectivity index is 0. The molecule has 0 aliphatic rings. The van der Waals surface area contributed by atoms with Crippen molar-refractivity contribution in [3.8, 4) is 0 Å². The highest BCUT2D eigenvalue weighted by atomic mass is 32.2. The van der Waals surface area contributed by atoms with Crippen LogP contribution in [0.3, 0.4) is 0 Å². The van der Waals surface area contributed by atoms with Crippen molar-refractivity contribution in [2.24, 2.45) is 5.92 Å². The number of halogens is 3. The molecule has 0 rings (SSSR count). The molecule has 0 aromatic rings. The van der Waals surface area contributed by atoms with Gasteiger partial charge < -0.3 is 13.4 Å². The molecule has 0 bridgehead atoms. The van der Waals surface area contributed by atoms with Gasteiger partial charge in [0.15, 0.2) is 18.4 Å². The third kappa shape index (κ3) is 12.0. The van der Waals surface area contributed by atoms with Crippen molar-refractivity contribution in [2.75, 3.05) is 7.11 Å². The summed E-state index contributed by atoms with van der Waals surface area (Å²) >= 11 is 0. The van der Waals surface area contributed by atoms with Gasteiger partial charge in [-0.05, 0) is 44.7 Å². The SMILES string of the molecule is CO[CH+][C@H](C(=N)O[Si](C)(C)C)[C@@H](C)O[Si](C)(C)C(C)(C)C.O=S(=O)([O-])C(F)(F)F. The predicted molar refractivity (Wildman–Crippen MR) is 110 cm³/mol. The first kappa shape index (κ1) is 30.6. The van der Waals surface area contributed by atoms with Crippen LogP contribution in [0.15, 0.2) is 0 Å². The normalized spacial score (nSPS) is 15.7. The summed E-state index contributed by atoms with van der Waals surface area (Å²) in [4.78, 5) is 0. The Morgan fingerprint density at radius 1 is 1.10 bits per heavy atom. The summed E-state index contributed by atoms with van der Waals surface area (Å²) in [6, 6.07) is 0. The second-order valence-corrected chi connectivity index (χ2v) is 19.5. The van der Waals surface area contributed by atoms with Gasteiger partial charge in [-0.3, -0.25) is 5.41 Å². The van der Waals surface area contributed by atoms with Gasteiger partial charge >= 0.3 is 5.51 Å². The lowest BCUT2D eigenvalue weighted by Gasteiger charge is -2.39. The molecule has 0 spiro atoms. The largest absolute Gasteiger partial charge is 0.741 e. The van der Waals surface area contributed by atoms with Crippen LogP contribution in [0.4, 0.5) is 13.2 Å². The molecule has 0 aromatic carbocycles. The summed E-state index contributed by atoms with van der Waals surface area (Å²) in [7, 11) is -8.16. The van der Waals surface area contributed by atoms with Crippen LogP contribution in [0, 0.1) is 17.9 Å². The summed E-state index contributed by atoms with van der Waals surface area (Å²) in [5.41, 5.74) is -5.65. The molecular formula is C16H34F3NO6SSi2. The van der Waals surface area contributed by atoms with Crippen molar-refractivity contribution >= 4 is 32.7 Å². The maximum atomic E-state index is 10.7. The van der Waals surface area contributed by atoms with Gasteiger partial charge in [-0.1, -0.05) is 20.8 Å². The Labute approximate surface area is 174 Å². The zero-order chi connectivity index (χ0) is 24.1. The maximum Gasteiger partial charge on any atom is 0.485 e. The van der Waals surface area contributed by atoms with Gasteiger partial charge in [-0.2, -0.15) is 17.9 Å². The minimum absolute atomic E-state index is 0.130. The van der Waals surface area contributed by atoms with Gasteiger partial charge in [0.2, 0.25) is 26.7 Å². The number of nitrogens with one attached hydrogen (secondary N) is 1. The topological polar surface area (TPSA) is 109 Å². The first-order valence-corrected chi connectivity index (χ1v) is 16.5. The molecule has 0 aromatic heterocycles. The molecule has 0 saturated carbocycles. The van der Waals surface area contributed by atoms with Crippen LogP contribution in [-0.2, 0) is 23.7 Å². The van der Waals surface area contributed by atoms with E-state index in [2.05, 4.69) is 53.5 Å². The van der Waals surface area contributed by atoms with Crippen LogP contribution in [-0.4, -0.2) is 54.2 Å². The van der Waals surface area contributed by atoms with E-state index in [9.17, 15) is 13.2 Å². The molecule has 0 amide bonds. The molecule has 13 heteroatoms. The van der Waals surface area contributed by atoms with Gasteiger partial charge in [-0.15, -0.1) is 0 Å². The molecular weight excluding hydrogens is 447 g/mol. The molecule has 7 nitrogen and oxygen atoms in total. The Kier molecular flexibility index (Phi) is 11.2. The summed E-state index contributed by atoms with van der Waals surface area (Å²) in [5.74, 6) is -0.0157. The minimum Gasteiger partial charge on any atom is -0.741 e. The van der Waals surface area contributed by atoms with Crippen molar-refractivity contribution in [3.05, 3.63) is 6.61 Å². The maximum absolute atomic E-state index is 10.7. The highest BCUT2D eigenvalue weighted by molar-refractivity contribution is 7.86. The lowest BCUT2D eigenvalue weighted by Crippen LogP contribution is -2.47. The molecule has 0 fully saturated rings. The lowest BCUT2D eigenvalue weighted by molar-refractivity contribution is -0.0517. The van der Waals surface area contributed by atoms with E-state index >= 15 is 0 Å². The second kappa shape index (κ2) is 10.6. The fraction of sp³-hybridized carbons (Fsp3) is 0.875. The van der Waals surface area contributed by atoms with Gasteiger partial charge in [0.25, 0.3) is 0 Å². The summed E-state index contributed by atoms with van der Waals surface area (Å²) in [6.07, 6.45) is -0.130. The van der Waals surface area contributed by atoms with Gasteiger partial charge in [0.05, 0.1) is 13.2 Å². The lowest BCUT2D eigenvalue weighted by atomic mass is 10.1. The average molecular weight is 482 g/mol. The molecule has 0 heterocycles. The number of hydrogen-bond donors (Lipinski definition) is 1. The van der Waals surface area contributed by atoms with Crippen LogP contribution in [0.2, 0.25) is 37.8 Å². The first-order chi connectivity index (χ1) is 12.5. The van der Waals surface area contributed by atoms with E-state index in [1.807, 2.05) is 6.92 Å². The Bertz CT molecular complexity index is 628. The van der Waals surface area contributed by atoms with Crippen LogP contribution in [0.1, 0.15) is 27.7 Å². The molecule has 0 saturated heterocycles.